The summed E-state index contributed by atoms with van der Waals surface area (Å²) >= 11 is 1.71. The second kappa shape index (κ2) is 7.32. The molecule has 2 nitrogen and oxygen atoms in total. The van der Waals surface area contributed by atoms with Crippen LogP contribution in [0.25, 0.3) is 0 Å². The lowest BCUT2D eigenvalue weighted by atomic mass is 9.83. The van der Waals surface area contributed by atoms with Gasteiger partial charge in [-0.25, -0.2) is 0 Å². The van der Waals surface area contributed by atoms with Crippen molar-refractivity contribution in [1.82, 2.24) is 0 Å². The van der Waals surface area contributed by atoms with E-state index in [1.807, 2.05) is 32.0 Å². The second-order valence-corrected chi connectivity index (χ2v) is 7.50. The van der Waals surface area contributed by atoms with Crippen LogP contribution in [-0.2, 0) is 0 Å². The van der Waals surface area contributed by atoms with Crippen molar-refractivity contribution in [2.24, 2.45) is 11.3 Å². The molecule has 2 N–H and O–H groups in total. The summed E-state index contributed by atoms with van der Waals surface area (Å²) in [4.78, 5) is 1.17. The van der Waals surface area contributed by atoms with E-state index in [4.69, 9.17) is 0 Å². The van der Waals surface area contributed by atoms with Gasteiger partial charge in [0.05, 0.1) is 12.7 Å². The maximum absolute atomic E-state index is 10.6. The number of hydrogen-bond acceptors (Lipinski definition) is 3. The van der Waals surface area contributed by atoms with Crippen LogP contribution in [0, 0.1) is 11.3 Å². The van der Waals surface area contributed by atoms with Crippen molar-refractivity contribution in [3.63, 3.8) is 0 Å². The molecule has 0 aromatic heterocycles. The Morgan fingerprint density at radius 3 is 2.21 bits per heavy atom. The van der Waals surface area contributed by atoms with Crippen molar-refractivity contribution in [3.8, 4) is 0 Å². The zero-order valence-electron chi connectivity index (χ0n) is 12.3. The molecule has 0 bridgehead atoms. The molecule has 0 amide bonds. The Morgan fingerprint density at radius 1 is 1.16 bits per heavy atom. The van der Waals surface area contributed by atoms with Gasteiger partial charge in [0.2, 0.25) is 0 Å². The van der Waals surface area contributed by atoms with Crippen LogP contribution in [0.4, 0.5) is 0 Å². The first-order chi connectivity index (χ1) is 8.86. The molecule has 0 fully saturated rings. The Morgan fingerprint density at radius 2 is 1.74 bits per heavy atom. The average Bonchev–Trinajstić information content (AvgIpc) is 2.37. The Hall–Kier alpha value is -0.510. The molecule has 0 aliphatic heterocycles. The summed E-state index contributed by atoms with van der Waals surface area (Å²) < 4.78 is 0. The highest BCUT2D eigenvalue weighted by Crippen LogP contribution is 2.36. The molecule has 0 aliphatic rings. The molecule has 3 heteroatoms. The van der Waals surface area contributed by atoms with E-state index in [2.05, 4.69) is 26.0 Å². The largest absolute Gasteiger partial charge is 0.396 e. The number of rotatable bonds is 7. The van der Waals surface area contributed by atoms with Gasteiger partial charge in [0, 0.05) is 15.6 Å². The number of thioether (sulfide) groups is 1. The van der Waals surface area contributed by atoms with Crippen molar-refractivity contribution >= 4 is 11.8 Å². The van der Waals surface area contributed by atoms with E-state index in [0.29, 0.717) is 5.92 Å². The minimum absolute atomic E-state index is 0.00187. The smallest absolute Gasteiger partial charge is 0.0735 e. The maximum Gasteiger partial charge on any atom is 0.0735 e. The second-order valence-electron chi connectivity index (χ2n) is 6.19. The predicted molar refractivity (Wildman–Crippen MR) is 82.4 cm³/mol. The van der Waals surface area contributed by atoms with E-state index < -0.39 is 11.5 Å². The lowest BCUT2D eigenvalue weighted by Crippen LogP contribution is -2.41. The molecule has 19 heavy (non-hydrogen) atoms. The zero-order valence-corrected chi connectivity index (χ0v) is 13.2. The molecule has 1 aromatic rings. The first kappa shape index (κ1) is 16.5. The number of hydrogen-bond donors (Lipinski definition) is 2. The number of aliphatic hydroxyl groups excluding tert-OH is 2. The van der Waals surface area contributed by atoms with Gasteiger partial charge < -0.3 is 10.2 Å². The Kier molecular flexibility index (Phi) is 6.37. The molecule has 0 saturated carbocycles. The molecule has 2 atom stereocenters. The van der Waals surface area contributed by atoms with Gasteiger partial charge >= 0.3 is 0 Å². The van der Waals surface area contributed by atoms with Crippen LogP contribution in [0.1, 0.15) is 34.1 Å². The molecular weight excluding hydrogens is 256 g/mol. The van der Waals surface area contributed by atoms with Gasteiger partial charge in [0.1, 0.15) is 0 Å². The molecule has 0 saturated heterocycles. The van der Waals surface area contributed by atoms with Crippen LogP contribution in [0.15, 0.2) is 35.2 Å². The minimum atomic E-state index is -0.523. The lowest BCUT2D eigenvalue weighted by Gasteiger charge is -2.35. The zero-order chi connectivity index (χ0) is 14.5. The lowest BCUT2D eigenvalue weighted by molar-refractivity contribution is 0.00406. The highest BCUT2D eigenvalue weighted by Gasteiger charge is 2.34. The Labute approximate surface area is 121 Å². The van der Waals surface area contributed by atoms with Crippen molar-refractivity contribution in [3.05, 3.63) is 30.3 Å². The fourth-order valence-corrected chi connectivity index (χ4v) is 3.62. The third-order valence-electron chi connectivity index (χ3n) is 3.29. The van der Waals surface area contributed by atoms with Crippen LogP contribution in [0.5, 0.6) is 0 Å². The van der Waals surface area contributed by atoms with Crippen molar-refractivity contribution in [1.29, 1.82) is 0 Å². The SMILES string of the molecule is CC(C)C[C@H](Sc1ccccc1)[C@H](O)C(C)(C)CO. The van der Waals surface area contributed by atoms with Gasteiger partial charge in [0.15, 0.2) is 0 Å². The quantitative estimate of drug-likeness (QED) is 0.751. The molecule has 0 spiro atoms. The fraction of sp³-hybridized carbons (Fsp3) is 0.625. The predicted octanol–water partition coefficient (Wildman–Crippen LogP) is 3.57. The highest BCUT2D eigenvalue weighted by molar-refractivity contribution is 8.00. The van der Waals surface area contributed by atoms with Crippen LogP contribution < -0.4 is 0 Å². The van der Waals surface area contributed by atoms with E-state index in [-0.39, 0.29) is 11.9 Å². The monoisotopic (exact) mass is 282 g/mol. The third-order valence-corrected chi connectivity index (χ3v) is 4.59. The molecule has 1 rings (SSSR count). The van der Waals surface area contributed by atoms with Gasteiger partial charge in [-0.05, 0) is 24.5 Å². The Bertz CT molecular complexity index is 362. The highest BCUT2D eigenvalue weighted by atomic mass is 32.2. The topological polar surface area (TPSA) is 40.5 Å². The van der Waals surface area contributed by atoms with Crippen molar-refractivity contribution in [2.45, 2.75) is 50.4 Å². The standard InChI is InChI=1S/C16H26O2S/c1-12(2)10-14(15(18)16(3,4)11-17)19-13-8-6-5-7-9-13/h5-9,12,14-15,17-18H,10-11H2,1-4H3/t14-,15-/m0/s1. The van der Waals surface area contributed by atoms with Gasteiger partial charge in [-0.15, -0.1) is 11.8 Å². The first-order valence-corrected chi connectivity index (χ1v) is 7.75. The number of benzene rings is 1. The summed E-state index contributed by atoms with van der Waals surface area (Å²) in [5, 5.41) is 20.1. The summed E-state index contributed by atoms with van der Waals surface area (Å²) in [7, 11) is 0. The van der Waals surface area contributed by atoms with Crippen LogP contribution >= 0.6 is 11.8 Å². The molecule has 0 heterocycles. The van der Waals surface area contributed by atoms with Gasteiger partial charge in [-0.2, -0.15) is 0 Å². The summed E-state index contributed by atoms with van der Waals surface area (Å²) in [5.74, 6) is 0.519. The summed E-state index contributed by atoms with van der Waals surface area (Å²) in [6, 6.07) is 10.2. The van der Waals surface area contributed by atoms with Gasteiger partial charge in [0.25, 0.3) is 0 Å². The normalized spacial score (nSPS) is 15.5. The molecule has 1 aromatic carbocycles. The molecule has 108 valence electrons. The van der Waals surface area contributed by atoms with Crippen molar-refractivity contribution in [2.75, 3.05) is 6.61 Å². The van der Waals surface area contributed by atoms with Crippen LogP contribution in [0.3, 0.4) is 0 Å². The van der Waals surface area contributed by atoms with E-state index in [1.165, 1.54) is 4.90 Å². The van der Waals surface area contributed by atoms with Crippen LogP contribution in [0.2, 0.25) is 0 Å². The van der Waals surface area contributed by atoms with Crippen LogP contribution in [-0.4, -0.2) is 28.2 Å². The third kappa shape index (κ3) is 5.17. The van der Waals surface area contributed by atoms with E-state index in [9.17, 15) is 10.2 Å². The average molecular weight is 282 g/mol. The maximum atomic E-state index is 10.6. The summed E-state index contributed by atoms with van der Waals surface area (Å²) in [6.45, 7) is 8.15. The molecule has 0 radical (unpaired) electrons. The van der Waals surface area contributed by atoms with Crippen molar-refractivity contribution < 1.29 is 10.2 Å². The molecular formula is C16H26O2S. The summed E-state index contributed by atoms with van der Waals surface area (Å²) in [6.07, 6.45) is 0.412. The minimum Gasteiger partial charge on any atom is -0.396 e. The van der Waals surface area contributed by atoms with E-state index in [0.717, 1.165) is 6.42 Å². The number of aliphatic hydroxyl groups is 2. The van der Waals surface area contributed by atoms with Gasteiger partial charge in [-0.3, -0.25) is 0 Å². The summed E-state index contributed by atoms with van der Waals surface area (Å²) in [5.41, 5.74) is -0.471. The molecule has 0 unspecified atom stereocenters. The Balaban J connectivity index is 2.83. The van der Waals surface area contributed by atoms with E-state index in [1.54, 1.807) is 11.8 Å². The fourth-order valence-electron chi connectivity index (χ4n) is 1.98. The van der Waals surface area contributed by atoms with Gasteiger partial charge in [-0.1, -0.05) is 45.9 Å². The first-order valence-electron chi connectivity index (χ1n) is 6.87. The van der Waals surface area contributed by atoms with E-state index >= 15 is 0 Å². The molecule has 0 aliphatic carbocycles.